The summed E-state index contributed by atoms with van der Waals surface area (Å²) in [5, 5.41) is 9.25. The second-order valence-electron chi connectivity index (χ2n) is 4.58. The van der Waals surface area contributed by atoms with Crippen LogP contribution in [0.4, 0.5) is 0 Å². The van der Waals surface area contributed by atoms with Gasteiger partial charge in [0.15, 0.2) is 9.84 Å². The van der Waals surface area contributed by atoms with Crippen LogP contribution in [0.3, 0.4) is 0 Å². The van der Waals surface area contributed by atoms with Crippen molar-refractivity contribution in [2.75, 3.05) is 6.26 Å². The Hall–Kier alpha value is -1.69. The molecule has 0 aromatic heterocycles. The van der Waals surface area contributed by atoms with E-state index in [1.807, 2.05) is 0 Å². The summed E-state index contributed by atoms with van der Waals surface area (Å²) >= 11 is 0. The van der Waals surface area contributed by atoms with Gasteiger partial charge in [-0.2, -0.15) is 0 Å². The van der Waals surface area contributed by atoms with Gasteiger partial charge in [0.2, 0.25) is 0 Å². The lowest BCUT2D eigenvalue weighted by molar-refractivity contribution is -0.153. The summed E-state index contributed by atoms with van der Waals surface area (Å²) in [6.45, 7) is 0. The average molecular weight is 268 g/mol. The number of sulfone groups is 1. The molecular formula is C12H12O5S. The maximum absolute atomic E-state index is 11.4. The molecule has 6 heteroatoms. The Kier molecular flexibility index (Phi) is 2.77. The molecule has 0 amide bonds. The lowest BCUT2D eigenvalue weighted by Crippen LogP contribution is -2.48. The molecule has 0 unspecified atom stereocenters. The van der Waals surface area contributed by atoms with E-state index in [4.69, 9.17) is 0 Å². The van der Waals surface area contributed by atoms with Crippen molar-refractivity contribution in [2.45, 2.75) is 23.2 Å². The largest absolute Gasteiger partial charge is 0.481 e. The fourth-order valence-corrected chi connectivity index (χ4v) is 2.79. The third-order valence-corrected chi connectivity index (χ3v) is 4.33. The minimum atomic E-state index is -3.39. The smallest absolute Gasteiger partial charge is 0.315 e. The van der Waals surface area contributed by atoms with Crippen LogP contribution in [0, 0.1) is 0 Å². The number of carboxylic acid groups (broad SMARTS) is 1. The molecule has 0 saturated heterocycles. The zero-order chi connectivity index (χ0) is 13.6. The van der Waals surface area contributed by atoms with Gasteiger partial charge in [-0.1, -0.05) is 12.1 Å². The zero-order valence-corrected chi connectivity index (χ0v) is 10.5. The van der Waals surface area contributed by atoms with Crippen LogP contribution in [-0.2, 0) is 24.8 Å². The molecule has 2 rings (SSSR count). The van der Waals surface area contributed by atoms with Crippen LogP contribution >= 0.6 is 0 Å². The molecule has 1 aromatic rings. The molecule has 1 aliphatic carbocycles. The molecule has 5 nitrogen and oxygen atoms in total. The van der Waals surface area contributed by atoms with E-state index in [1.54, 1.807) is 6.07 Å². The fraction of sp³-hybridized carbons (Fsp3) is 0.333. The summed E-state index contributed by atoms with van der Waals surface area (Å²) in [4.78, 5) is 22.5. The molecule has 0 spiro atoms. The summed E-state index contributed by atoms with van der Waals surface area (Å²) in [7, 11) is -3.39. The minimum Gasteiger partial charge on any atom is -0.481 e. The molecule has 96 valence electrons. The minimum absolute atomic E-state index is 0.0694. The molecule has 0 atom stereocenters. The number of ketones is 1. The average Bonchev–Trinajstić information content (AvgIpc) is 2.23. The van der Waals surface area contributed by atoms with Gasteiger partial charge in [0.05, 0.1) is 4.90 Å². The molecule has 18 heavy (non-hydrogen) atoms. The van der Waals surface area contributed by atoms with Gasteiger partial charge in [0.1, 0.15) is 11.2 Å². The monoisotopic (exact) mass is 268 g/mol. The van der Waals surface area contributed by atoms with Crippen molar-refractivity contribution in [2.24, 2.45) is 0 Å². The number of carboxylic acids is 1. The maximum Gasteiger partial charge on any atom is 0.315 e. The van der Waals surface area contributed by atoms with E-state index in [0.29, 0.717) is 5.56 Å². The van der Waals surface area contributed by atoms with Crippen LogP contribution in [0.25, 0.3) is 0 Å². The van der Waals surface area contributed by atoms with Gasteiger partial charge in [-0.3, -0.25) is 9.59 Å². The first-order valence-corrected chi connectivity index (χ1v) is 7.20. The number of hydrogen-bond donors (Lipinski definition) is 1. The van der Waals surface area contributed by atoms with E-state index in [-0.39, 0.29) is 23.5 Å². The van der Waals surface area contributed by atoms with Gasteiger partial charge < -0.3 is 5.11 Å². The molecular weight excluding hydrogens is 256 g/mol. The molecule has 1 N–H and O–H groups in total. The number of carbonyl (C=O) groups is 2. The highest BCUT2D eigenvalue weighted by molar-refractivity contribution is 7.90. The number of benzene rings is 1. The highest BCUT2D eigenvalue weighted by Gasteiger charge is 2.51. The van der Waals surface area contributed by atoms with Gasteiger partial charge >= 0.3 is 5.97 Å². The Morgan fingerprint density at radius 3 is 2.39 bits per heavy atom. The van der Waals surface area contributed by atoms with E-state index < -0.39 is 21.2 Å². The molecule has 0 bridgehead atoms. The van der Waals surface area contributed by atoms with Crippen molar-refractivity contribution in [3.8, 4) is 0 Å². The summed E-state index contributed by atoms with van der Waals surface area (Å²) < 4.78 is 22.9. The number of hydrogen-bond acceptors (Lipinski definition) is 4. The second kappa shape index (κ2) is 3.91. The summed E-state index contributed by atoms with van der Waals surface area (Å²) in [6.07, 6.45) is 0.913. The molecule has 0 aliphatic heterocycles. The Balaban J connectivity index is 2.51. The van der Waals surface area contributed by atoms with Crippen molar-refractivity contribution < 1.29 is 23.1 Å². The number of rotatable bonds is 3. The zero-order valence-electron chi connectivity index (χ0n) is 9.71. The van der Waals surface area contributed by atoms with Crippen LogP contribution in [0.2, 0.25) is 0 Å². The molecule has 1 aromatic carbocycles. The fourth-order valence-electron chi connectivity index (χ4n) is 2.12. The third-order valence-electron chi connectivity index (χ3n) is 3.22. The van der Waals surface area contributed by atoms with Crippen LogP contribution in [0.15, 0.2) is 29.2 Å². The van der Waals surface area contributed by atoms with Crippen molar-refractivity contribution in [1.82, 2.24) is 0 Å². The maximum atomic E-state index is 11.4. The Morgan fingerprint density at radius 2 is 1.94 bits per heavy atom. The predicted octanol–water partition coefficient (Wildman–Crippen LogP) is 0.775. The summed E-state index contributed by atoms with van der Waals surface area (Å²) in [5.74, 6) is -1.21. The van der Waals surface area contributed by atoms with E-state index >= 15 is 0 Å². The first-order valence-electron chi connectivity index (χ1n) is 5.31. The van der Waals surface area contributed by atoms with Crippen LogP contribution < -0.4 is 0 Å². The molecule has 1 saturated carbocycles. The van der Waals surface area contributed by atoms with Crippen molar-refractivity contribution in [3.05, 3.63) is 29.8 Å². The topological polar surface area (TPSA) is 88.5 Å². The second-order valence-corrected chi connectivity index (χ2v) is 6.60. The summed E-state index contributed by atoms with van der Waals surface area (Å²) in [6, 6.07) is 5.80. The lowest BCUT2D eigenvalue weighted by atomic mass is 9.64. The standard InChI is InChI=1S/C12H12O5S/c1-18(16,17)10-4-2-3-8(5-10)12(11(14)15)6-9(13)7-12/h2-5H,6-7H2,1H3,(H,14,15). The molecule has 0 radical (unpaired) electrons. The number of carbonyl (C=O) groups excluding carboxylic acids is 1. The normalized spacial score (nSPS) is 18.2. The first-order chi connectivity index (χ1) is 8.25. The lowest BCUT2D eigenvalue weighted by Gasteiger charge is -2.36. The Bertz CT molecular complexity index is 622. The SMILES string of the molecule is CS(=O)(=O)c1cccc(C2(C(=O)O)CC(=O)C2)c1. The Labute approximate surface area is 104 Å². The predicted molar refractivity (Wildman–Crippen MR) is 63.1 cm³/mol. The third kappa shape index (κ3) is 1.92. The van der Waals surface area contributed by atoms with Crippen LogP contribution in [0.5, 0.6) is 0 Å². The summed E-state index contributed by atoms with van der Waals surface area (Å²) in [5.41, 5.74) is -0.879. The van der Waals surface area contributed by atoms with Gasteiger partial charge in [-0.25, -0.2) is 8.42 Å². The first kappa shape index (κ1) is 12.8. The van der Waals surface area contributed by atoms with E-state index in [2.05, 4.69) is 0 Å². The van der Waals surface area contributed by atoms with Gasteiger partial charge in [-0.15, -0.1) is 0 Å². The Morgan fingerprint density at radius 1 is 1.33 bits per heavy atom. The number of aliphatic carboxylic acids is 1. The van der Waals surface area contributed by atoms with Gasteiger partial charge in [0, 0.05) is 19.1 Å². The van der Waals surface area contributed by atoms with Crippen molar-refractivity contribution in [3.63, 3.8) is 0 Å². The van der Waals surface area contributed by atoms with E-state index in [1.165, 1.54) is 18.2 Å². The molecule has 0 heterocycles. The van der Waals surface area contributed by atoms with Gasteiger partial charge in [-0.05, 0) is 17.7 Å². The molecule has 1 aliphatic rings. The van der Waals surface area contributed by atoms with Crippen molar-refractivity contribution >= 4 is 21.6 Å². The van der Waals surface area contributed by atoms with E-state index in [9.17, 15) is 23.1 Å². The highest BCUT2D eigenvalue weighted by Crippen LogP contribution is 2.42. The highest BCUT2D eigenvalue weighted by atomic mass is 32.2. The van der Waals surface area contributed by atoms with Crippen molar-refractivity contribution in [1.29, 1.82) is 0 Å². The van der Waals surface area contributed by atoms with Gasteiger partial charge in [0.25, 0.3) is 0 Å². The molecule has 1 fully saturated rings. The van der Waals surface area contributed by atoms with E-state index in [0.717, 1.165) is 6.26 Å². The van der Waals surface area contributed by atoms with Crippen LogP contribution in [-0.4, -0.2) is 31.5 Å². The quantitative estimate of drug-likeness (QED) is 0.875. The van der Waals surface area contributed by atoms with Crippen LogP contribution in [0.1, 0.15) is 18.4 Å². The number of Topliss-reactive ketones (excluding diaryl/α,β-unsaturated/α-hetero) is 1.